The van der Waals surface area contributed by atoms with Crippen molar-refractivity contribution < 1.29 is 13.5 Å². The van der Waals surface area contributed by atoms with E-state index in [1.807, 2.05) is 13.0 Å². The summed E-state index contributed by atoms with van der Waals surface area (Å²) in [5.41, 5.74) is 7.26. The summed E-state index contributed by atoms with van der Waals surface area (Å²) in [4.78, 5) is 8.01. The maximum absolute atomic E-state index is 13.8. The zero-order valence-corrected chi connectivity index (χ0v) is 13.9. The second-order valence-electron chi connectivity index (χ2n) is 4.85. The van der Waals surface area contributed by atoms with Crippen molar-refractivity contribution in [2.75, 3.05) is 12.8 Å². The normalized spacial score (nSPS) is 12.0. The highest BCUT2D eigenvalue weighted by atomic mass is 35.5. The Morgan fingerprint density at radius 2 is 2.08 bits per heavy atom. The van der Waals surface area contributed by atoms with E-state index in [1.54, 1.807) is 25.5 Å². The molecule has 7 heteroatoms. The van der Waals surface area contributed by atoms with Gasteiger partial charge in [0.15, 0.2) is 11.6 Å². The molecular weight excluding hydrogens is 336 g/mol. The second kappa shape index (κ2) is 7.88. The van der Waals surface area contributed by atoms with Crippen molar-refractivity contribution in [2.45, 2.75) is 13.5 Å². The molecule has 2 rings (SSSR count). The third-order valence-electron chi connectivity index (χ3n) is 3.31. The quantitative estimate of drug-likeness (QED) is 0.646. The Kier molecular flexibility index (Phi) is 5.87. The molecule has 1 aromatic heterocycles. The number of allylic oxidation sites excluding steroid dienone is 2. The molecule has 0 amide bonds. The van der Waals surface area contributed by atoms with Gasteiger partial charge in [-0.25, -0.2) is 13.8 Å². The van der Waals surface area contributed by atoms with Gasteiger partial charge in [-0.2, -0.15) is 0 Å². The lowest BCUT2D eigenvalue weighted by Gasteiger charge is -2.12. The van der Waals surface area contributed by atoms with Crippen LogP contribution in [0.3, 0.4) is 0 Å². The number of halogens is 3. The number of hydrogen-bond acceptors (Lipinski definition) is 4. The molecule has 0 aliphatic heterocycles. The van der Waals surface area contributed by atoms with Gasteiger partial charge in [-0.05, 0) is 30.7 Å². The molecule has 4 nitrogen and oxygen atoms in total. The van der Waals surface area contributed by atoms with Crippen molar-refractivity contribution in [3.8, 4) is 5.75 Å². The number of aliphatic imine (C=N–C) groups is 1. The van der Waals surface area contributed by atoms with Gasteiger partial charge in [0, 0.05) is 30.6 Å². The van der Waals surface area contributed by atoms with Crippen molar-refractivity contribution in [1.29, 1.82) is 0 Å². The minimum atomic E-state index is -0.716. The Labute approximate surface area is 143 Å². The average Bonchev–Trinajstić information content (AvgIpc) is 2.58. The van der Waals surface area contributed by atoms with Crippen LogP contribution in [0.5, 0.6) is 5.75 Å². The predicted molar refractivity (Wildman–Crippen MR) is 92.4 cm³/mol. The number of pyridine rings is 1. The Morgan fingerprint density at radius 1 is 1.38 bits per heavy atom. The lowest BCUT2D eigenvalue weighted by atomic mass is 10.1. The smallest absolute Gasteiger partial charge is 0.166 e. The number of nitrogens with two attached hydrogens (primary N) is 1. The zero-order valence-electron chi connectivity index (χ0n) is 13.2. The van der Waals surface area contributed by atoms with Crippen molar-refractivity contribution >= 4 is 29.2 Å². The highest BCUT2D eigenvalue weighted by Crippen LogP contribution is 2.28. The molecule has 1 aromatic carbocycles. The SMILES string of the molecule is C/C=C(\C=NC)c1cnc(N)c(OCc2c(F)ccc(F)c2Cl)c1. The Morgan fingerprint density at radius 3 is 2.75 bits per heavy atom. The zero-order chi connectivity index (χ0) is 17.7. The number of hydrogen-bond donors (Lipinski definition) is 1. The van der Waals surface area contributed by atoms with Crippen LogP contribution in [0.25, 0.3) is 5.57 Å². The molecule has 1 heterocycles. The monoisotopic (exact) mass is 351 g/mol. The summed E-state index contributed by atoms with van der Waals surface area (Å²) >= 11 is 5.78. The topological polar surface area (TPSA) is 60.5 Å². The fraction of sp³-hybridized carbons (Fsp3) is 0.176. The van der Waals surface area contributed by atoms with Crippen molar-refractivity contribution in [3.63, 3.8) is 0 Å². The van der Waals surface area contributed by atoms with Gasteiger partial charge in [0.2, 0.25) is 0 Å². The Hall–Kier alpha value is -2.47. The van der Waals surface area contributed by atoms with Gasteiger partial charge >= 0.3 is 0 Å². The number of rotatable bonds is 5. The first-order chi connectivity index (χ1) is 11.5. The Bertz CT molecular complexity index is 807. The molecule has 126 valence electrons. The molecular formula is C17H16ClF2N3O. The lowest BCUT2D eigenvalue weighted by molar-refractivity contribution is 0.300. The van der Waals surface area contributed by atoms with E-state index in [4.69, 9.17) is 22.1 Å². The first-order valence-corrected chi connectivity index (χ1v) is 7.45. The first-order valence-electron chi connectivity index (χ1n) is 7.07. The molecule has 0 spiro atoms. The first kappa shape index (κ1) is 17.9. The molecule has 0 atom stereocenters. The number of nitrogen functional groups attached to an aromatic ring is 1. The molecule has 0 bridgehead atoms. The van der Waals surface area contributed by atoms with Crippen molar-refractivity contribution in [2.24, 2.45) is 4.99 Å². The van der Waals surface area contributed by atoms with Gasteiger partial charge in [-0.3, -0.25) is 4.99 Å². The fourth-order valence-corrected chi connectivity index (χ4v) is 2.24. The molecule has 0 saturated heterocycles. The van der Waals surface area contributed by atoms with E-state index in [-0.39, 0.29) is 28.8 Å². The van der Waals surface area contributed by atoms with E-state index in [9.17, 15) is 8.78 Å². The minimum absolute atomic E-state index is 0.0807. The second-order valence-corrected chi connectivity index (χ2v) is 5.23. The van der Waals surface area contributed by atoms with Gasteiger partial charge in [0.1, 0.15) is 18.2 Å². The number of benzene rings is 1. The van der Waals surface area contributed by atoms with E-state index < -0.39 is 11.6 Å². The summed E-state index contributed by atoms with van der Waals surface area (Å²) in [6, 6.07) is 3.61. The molecule has 0 fully saturated rings. The number of nitrogens with zero attached hydrogens (tertiary/aromatic N) is 2. The molecule has 0 aliphatic carbocycles. The van der Waals surface area contributed by atoms with Gasteiger partial charge in [0.05, 0.1) is 5.02 Å². The molecule has 2 aromatic rings. The molecule has 0 aliphatic rings. The van der Waals surface area contributed by atoms with Crippen LogP contribution >= 0.6 is 11.6 Å². The van der Waals surface area contributed by atoms with Crippen LogP contribution in [-0.4, -0.2) is 18.2 Å². The van der Waals surface area contributed by atoms with Crippen LogP contribution in [-0.2, 0) is 6.61 Å². The standard InChI is InChI=1S/C17H16ClF2N3O/c1-3-10(7-22-2)11-6-15(17(21)23-8-11)24-9-12-13(19)4-5-14(20)16(12)18/h3-8H,9H2,1-2H3,(H2,21,23)/b10-3+,22-7?. The van der Waals surface area contributed by atoms with Gasteiger partial charge < -0.3 is 10.5 Å². The minimum Gasteiger partial charge on any atom is -0.485 e. The van der Waals surface area contributed by atoms with E-state index in [1.165, 1.54) is 0 Å². The van der Waals surface area contributed by atoms with Crippen LogP contribution in [0.4, 0.5) is 14.6 Å². The molecule has 2 N–H and O–H groups in total. The summed E-state index contributed by atoms with van der Waals surface area (Å²) in [7, 11) is 1.65. The van der Waals surface area contributed by atoms with Crippen LogP contribution < -0.4 is 10.5 Å². The maximum atomic E-state index is 13.8. The highest BCUT2D eigenvalue weighted by molar-refractivity contribution is 6.31. The third kappa shape index (κ3) is 3.89. The van der Waals surface area contributed by atoms with Crippen LogP contribution in [0.1, 0.15) is 18.1 Å². The lowest BCUT2D eigenvalue weighted by Crippen LogP contribution is -2.04. The number of ether oxygens (including phenoxy) is 1. The van der Waals surface area contributed by atoms with Crippen LogP contribution in [0, 0.1) is 11.6 Å². The fourth-order valence-electron chi connectivity index (χ4n) is 2.03. The summed E-state index contributed by atoms with van der Waals surface area (Å²) in [5, 5.41) is -0.315. The summed E-state index contributed by atoms with van der Waals surface area (Å²) in [6.07, 6.45) is 5.10. The highest BCUT2D eigenvalue weighted by Gasteiger charge is 2.14. The largest absolute Gasteiger partial charge is 0.485 e. The maximum Gasteiger partial charge on any atom is 0.166 e. The summed E-state index contributed by atoms with van der Waals surface area (Å²) < 4.78 is 32.7. The van der Waals surface area contributed by atoms with Crippen molar-refractivity contribution in [1.82, 2.24) is 4.98 Å². The number of aromatic nitrogens is 1. The third-order valence-corrected chi connectivity index (χ3v) is 3.71. The van der Waals surface area contributed by atoms with E-state index >= 15 is 0 Å². The number of anilines is 1. The van der Waals surface area contributed by atoms with Crippen LogP contribution in [0.2, 0.25) is 5.02 Å². The average molecular weight is 352 g/mol. The van der Waals surface area contributed by atoms with E-state index in [0.717, 1.165) is 23.3 Å². The molecule has 0 radical (unpaired) electrons. The molecule has 24 heavy (non-hydrogen) atoms. The van der Waals surface area contributed by atoms with Gasteiger partial charge in [0.25, 0.3) is 0 Å². The molecule has 0 unspecified atom stereocenters. The van der Waals surface area contributed by atoms with Gasteiger partial charge in [-0.15, -0.1) is 0 Å². The van der Waals surface area contributed by atoms with Crippen LogP contribution in [0.15, 0.2) is 35.5 Å². The summed E-state index contributed by atoms with van der Waals surface area (Å²) in [6.45, 7) is 1.58. The van der Waals surface area contributed by atoms with E-state index in [2.05, 4.69) is 9.98 Å². The van der Waals surface area contributed by atoms with Crippen molar-refractivity contribution in [3.05, 3.63) is 58.3 Å². The van der Waals surface area contributed by atoms with E-state index in [0.29, 0.717) is 0 Å². The summed E-state index contributed by atoms with van der Waals surface area (Å²) in [5.74, 6) is -0.991. The Balaban J connectivity index is 2.29. The molecule has 0 saturated carbocycles. The van der Waals surface area contributed by atoms with Gasteiger partial charge in [-0.1, -0.05) is 17.7 Å². The predicted octanol–water partition coefficient (Wildman–Crippen LogP) is 4.28.